The molecule has 0 saturated carbocycles. The van der Waals surface area contributed by atoms with Crippen LogP contribution in [0, 0.1) is 5.82 Å². The molecule has 4 aromatic rings. The standard InChI is InChI=1S/C35H37ClFN3O5S/c1-3-4-21-38-35(42)33(22-26-9-6-5-7-10-26)39(24-27-13-15-29(37)16-14-27)34(41)25-40(30-12-8-11-28(36)23-30)46(43,44)32-19-17-31(45-2)18-20-32/h5-20,23,33H,3-4,21-22,24-25H2,1-2H3,(H,38,42). The number of halogens is 2. The average Bonchev–Trinajstić information content (AvgIpc) is 3.06. The third kappa shape index (κ3) is 9.08. The number of nitrogens with zero attached hydrogens (tertiary/aromatic N) is 2. The van der Waals surface area contributed by atoms with Gasteiger partial charge in [0.15, 0.2) is 0 Å². The number of unbranched alkanes of at least 4 members (excludes halogenated alkanes) is 1. The molecule has 0 saturated heterocycles. The van der Waals surface area contributed by atoms with Gasteiger partial charge in [-0.2, -0.15) is 0 Å². The second-order valence-corrected chi connectivity index (χ2v) is 13.0. The zero-order chi connectivity index (χ0) is 33.1. The molecule has 0 aliphatic rings. The fraction of sp³-hybridized carbons (Fsp3) is 0.257. The number of amides is 2. The summed E-state index contributed by atoms with van der Waals surface area (Å²) >= 11 is 6.27. The van der Waals surface area contributed by atoms with E-state index in [1.165, 1.54) is 66.6 Å². The number of rotatable bonds is 15. The molecule has 0 spiro atoms. The molecule has 0 aliphatic carbocycles. The van der Waals surface area contributed by atoms with E-state index in [4.69, 9.17) is 16.3 Å². The number of hydrogen-bond acceptors (Lipinski definition) is 5. The van der Waals surface area contributed by atoms with Crippen LogP contribution in [0.3, 0.4) is 0 Å². The lowest BCUT2D eigenvalue weighted by Crippen LogP contribution is -2.53. The van der Waals surface area contributed by atoms with E-state index in [-0.39, 0.29) is 34.5 Å². The smallest absolute Gasteiger partial charge is 0.264 e. The zero-order valence-corrected chi connectivity index (χ0v) is 27.3. The summed E-state index contributed by atoms with van der Waals surface area (Å²) in [5.41, 5.74) is 1.56. The van der Waals surface area contributed by atoms with Crippen molar-refractivity contribution in [1.29, 1.82) is 0 Å². The lowest BCUT2D eigenvalue weighted by molar-refractivity contribution is -0.140. The highest BCUT2D eigenvalue weighted by Crippen LogP contribution is 2.28. The van der Waals surface area contributed by atoms with Crippen LogP contribution in [0.15, 0.2) is 108 Å². The van der Waals surface area contributed by atoms with Gasteiger partial charge in [-0.25, -0.2) is 12.8 Å². The zero-order valence-electron chi connectivity index (χ0n) is 25.7. The second kappa shape index (κ2) is 16.2. The highest BCUT2D eigenvalue weighted by atomic mass is 35.5. The molecule has 8 nitrogen and oxygen atoms in total. The van der Waals surface area contributed by atoms with Crippen LogP contribution in [0.2, 0.25) is 5.02 Å². The van der Waals surface area contributed by atoms with E-state index in [1.807, 2.05) is 37.3 Å². The van der Waals surface area contributed by atoms with Crippen molar-refractivity contribution in [1.82, 2.24) is 10.2 Å². The number of sulfonamides is 1. The minimum Gasteiger partial charge on any atom is -0.497 e. The first-order chi connectivity index (χ1) is 22.1. The Morgan fingerprint density at radius 2 is 1.61 bits per heavy atom. The average molecular weight is 666 g/mol. The van der Waals surface area contributed by atoms with Crippen molar-refractivity contribution >= 4 is 39.1 Å². The van der Waals surface area contributed by atoms with Crippen molar-refractivity contribution in [2.24, 2.45) is 0 Å². The number of benzene rings is 4. The van der Waals surface area contributed by atoms with Crippen LogP contribution in [0.1, 0.15) is 30.9 Å². The summed E-state index contributed by atoms with van der Waals surface area (Å²) < 4.78 is 48.2. The monoisotopic (exact) mass is 665 g/mol. The Hall–Kier alpha value is -4.41. The molecule has 0 heterocycles. The van der Waals surface area contributed by atoms with Gasteiger partial charge in [0.25, 0.3) is 10.0 Å². The van der Waals surface area contributed by atoms with Crippen molar-refractivity contribution in [2.45, 2.75) is 43.7 Å². The lowest BCUT2D eigenvalue weighted by Gasteiger charge is -2.34. The first-order valence-electron chi connectivity index (χ1n) is 14.9. The van der Waals surface area contributed by atoms with Crippen molar-refractivity contribution in [3.63, 3.8) is 0 Å². The van der Waals surface area contributed by atoms with Crippen molar-refractivity contribution in [3.8, 4) is 5.75 Å². The van der Waals surface area contributed by atoms with Crippen LogP contribution < -0.4 is 14.4 Å². The summed E-state index contributed by atoms with van der Waals surface area (Å²) in [4.78, 5) is 29.5. The topological polar surface area (TPSA) is 96.0 Å². The summed E-state index contributed by atoms with van der Waals surface area (Å²) in [5.74, 6) is -0.988. The van der Waals surface area contributed by atoms with E-state index >= 15 is 0 Å². The molecule has 2 amide bonds. The molecule has 1 unspecified atom stereocenters. The van der Waals surface area contributed by atoms with Gasteiger partial charge in [-0.05, 0) is 72.1 Å². The van der Waals surface area contributed by atoms with E-state index in [0.717, 1.165) is 22.7 Å². The maximum absolute atomic E-state index is 14.4. The molecule has 242 valence electrons. The van der Waals surface area contributed by atoms with Gasteiger partial charge in [0.1, 0.15) is 24.2 Å². The van der Waals surface area contributed by atoms with Crippen molar-refractivity contribution in [3.05, 3.63) is 125 Å². The van der Waals surface area contributed by atoms with E-state index in [0.29, 0.717) is 17.9 Å². The molecular formula is C35H37ClFN3O5S. The molecule has 0 bridgehead atoms. The molecule has 4 aromatic carbocycles. The van der Waals surface area contributed by atoms with E-state index in [9.17, 15) is 22.4 Å². The number of hydrogen-bond donors (Lipinski definition) is 1. The second-order valence-electron chi connectivity index (χ2n) is 10.7. The summed E-state index contributed by atoms with van der Waals surface area (Å²) in [6.45, 7) is 1.72. The molecular weight excluding hydrogens is 629 g/mol. The quantitative estimate of drug-likeness (QED) is 0.152. The number of methoxy groups -OCH3 is 1. The maximum Gasteiger partial charge on any atom is 0.264 e. The molecule has 1 N–H and O–H groups in total. The SMILES string of the molecule is CCCCNC(=O)C(Cc1ccccc1)N(Cc1ccc(F)cc1)C(=O)CN(c1cccc(Cl)c1)S(=O)(=O)c1ccc(OC)cc1. The normalized spacial score (nSPS) is 11.8. The van der Waals surface area contributed by atoms with Crippen LogP contribution in [-0.2, 0) is 32.6 Å². The largest absolute Gasteiger partial charge is 0.497 e. The number of carbonyl (C=O) groups excluding carboxylic acids is 2. The minimum atomic E-state index is -4.30. The van der Waals surface area contributed by atoms with Gasteiger partial charge in [-0.3, -0.25) is 13.9 Å². The van der Waals surface area contributed by atoms with Gasteiger partial charge in [0.2, 0.25) is 11.8 Å². The van der Waals surface area contributed by atoms with E-state index in [1.54, 1.807) is 18.2 Å². The minimum absolute atomic E-state index is 0.0655. The Kier molecular flexibility index (Phi) is 12.2. The Balaban J connectivity index is 1.78. The highest BCUT2D eigenvalue weighted by Gasteiger charge is 2.34. The van der Waals surface area contributed by atoms with Crippen LogP contribution >= 0.6 is 11.6 Å². The predicted octanol–water partition coefficient (Wildman–Crippen LogP) is 6.24. The van der Waals surface area contributed by atoms with E-state index in [2.05, 4.69) is 5.32 Å². The maximum atomic E-state index is 14.4. The van der Waals surface area contributed by atoms with Gasteiger partial charge < -0.3 is 15.0 Å². The van der Waals surface area contributed by atoms with Crippen molar-refractivity contribution < 1.29 is 27.1 Å². The van der Waals surface area contributed by atoms with E-state index < -0.39 is 34.3 Å². The Bertz CT molecular complexity index is 1700. The molecule has 0 radical (unpaired) electrons. The van der Waals surface area contributed by atoms with Crippen LogP contribution in [0.4, 0.5) is 10.1 Å². The predicted molar refractivity (Wildman–Crippen MR) is 178 cm³/mol. The summed E-state index contributed by atoms with van der Waals surface area (Å²) in [6, 6.07) is 25.9. The third-order valence-corrected chi connectivity index (χ3v) is 9.41. The van der Waals surface area contributed by atoms with Gasteiger partial charge in [-0.1, -0.05) is 73.5 Å². The highest BCUT2D eigenvalue weighted by molar-refractivity contribution is 7.92. The van der Waals surface area contributed by atoms with Crippen LogP contribution in [0.5, 0.6) is 5.75 Å². The molecule has 0 fully saturated rings. The van der Waals surface area contributed by atoms with Gasteiger partial charge in [0.05, 0.1) is 17.7 Å². The molecule has 1 atom stereocenters. The molecule has 0 aliphatic heterocycles. The first-order valence-corrected chi connectivity index (χ1v) is 16.7. The van der Waals surface area contributed by atoms with Crippen molar-refractivity contribution in [2.75, 3.05) is 24.5 Å². The lowest BCUT2D eigenvalue weighted by atomic mass is 10.0. The summed E-state index contributed by atoms with van der Waals surface area (Å²) in [5, 5.41) is 3.22. The van der Waals surface area contributed by atoms with Gasteiger partial charge >= 0.3 is 0 Å². The fourth-order valence-corrected chi connectivity index (χ4v) is 6.47. The Morgan fingerprint density at radius 3 is 2.24 bits per heavy atom. The number of carbonyl (C=O) groups is 2. The molecule has 0 aromatic heterocycles. The number of nitrogens with one attached hydrogen (secondary N) is 1. The summed E-state index contributed by atoms with van der Waals surface area (Å²) in [7, 11) is -2.83. The van der Waals surface area contributed by atoms with Gasteiger partial charge in [-0.15, -0.1) is 0 Å². The molecule has 46 heavy (non-hydrogen) atoms. The Labute approximate surface area is 274 Å². The summed E-state index contributed by atoms with van der Waals surface area (Å²) in [6.07, 6.45) is 1.78. The van der Waals surface area contributed by atoms with Crippen LogP contribution in [-0.4, -0.2) is 51.4 Å². The fourth-order valence-electron chi connectivity index (χ4n) is 4.88. The first kappa shape index (κ1) is 34.5. The number of anilines is 1. The van der Waals surface area contributed by atoms with Gasteiger partial charge in [0, 0.05) is 24.5 Å². The molecule has 4 rings (SSSR count). The molecule has 11 heteroatoms. The Morgan fingerprint density at radius 1 is 0.913 bits per heavy atom. The number of ether oxygens (including phenoxy) is 1. The third-order valence-electron chi connectivity index (χ3n) is 7.39. The van der Waals surface area contributed by atoms with Crippen LogP contribution in [0.25, 0.3) is 0 Å².